The summed E-state index contributed by atoms with van der Waals surface area (Å²) in [5.74, 6) is -0.213. The van der Waals surface area contributed by atoms with Gasteiger partial charge in [0.1, 0.15) is 0 Å². The third-order valence-corrected chi connectivity index (χ3v) is 5.82. The number of amides is 2. The average molecular weight is 496 g/mol. The topological polar surface area (TPSA) is 64.7 Å². The molecule has 0 unspecified atom stereocenters. The van der Waals surface area contributed by atoms with E-state index in [9.17, 15) is 9.59 Å². The van der Waals surface area contributed by atoms with Gasteiger partial charge in [0.15, 0.2) is 5.11 Å². The van der Waals surface area contributed by atoms with E-state index < -0.39 is 0 Å². The van der Waals surface area contributed by atoms with Crippen LogP contribution in [0.4, 0.5) is 11.4 Å². The Balaban J connectivity index is 1.60. The van der Waals surface area contributed by atoms with Gasteiger partial charge in [0.2, 0.25) is 5.91 Å². The lowest BCUT2D eigenvalue weighted by Gasteiger charge is -2.36. The Labute approximate surface area is 188 Å². The predicted molar refractivity (Wildman–Crippen MR) is 124 cm³/mol. The summed E-state index contributed by atoms with van der Waals surface area (Å²) in [6, 6.07) is 12.7. The van der Waals surface area contributed by atoms with Gasteiger partial charge >= 0.3 is 0 Å². The number of carbonyl (C=O) groups is 2. The van der Waals surface area contributed by atoms with E-state index in [2.05, 4.69) is 31.5 Å². The molecule has 0 aliphatic carbocycles. The summed E-state index contributed by atoms with van der Waals surface area (Å²) in [4.78, 5) is 27.8. The molecule has 152 valence electrons. The van der Waals surface area contributed by atoms with Crippen molar-refractivity contribution in [2.24, 2.45) is 0 Å². The van der Waals surface area contributed by atoms with Crippen molar-refractivity contribution >= 4 is 68.1 Å². The fourth-order valence-corrected chi connectivity index (χ4v) is 4.06. The summed E-state index contributed by atoms with van der Waals surface area (Å²) >= 11 is 15.1. The summed E-state index contributed by atoms with van der Waals surface area (Å²) in [6.45, 7) is 4.40. The Hall–Kier alpha value is -2.16. The normalized spacial score (nSPS) is 13.8. The Morgan fingerprint density at radius 3 is 2.41 bits per heavy atom. The van der Waals surface area contributed by atoms with Crippen LogP contribution in [-0.4, -0.2) is 48.0 Å². The SMILES string of the molecule is CC(=O)N1CCN(c2ccc(NC(=S)NC(=O)c3ccccc3Br)cc2Cl)CC1. The monoisotopic (exact) mass is 494 g/mol. The van der Waals surface area contributed by atoms with E-state index in [0.717, 1.165) is 18.8 Å². The molecule has 6 nitrogen and oxygen atoms in total. The van der Waals surface area contributed by atoms with Gasteiger partial charge < -0.3 is 15.1 Å². The number of nitrogens with one attached hydrogen (secondary N) is 2. The molecular weight excluding hydrogens is 476 g/mol. The fourth-order valence-electron chi connectivity index (χ4n) is 3.08. The van der Waals surface area contributed by atoms with Gasteiger partial charge in [-0.15, -0.1) is 0 Å². The first-order valence-corrected chi connectivity index (χ1v) is 10.6. The number of hydrogen-bond acceptors (Lipinski definition) is 4. The molecule has 3 rings (SSSR count). The van der Waals surface area contributed by atoms with Crippen molar-refractivity contribution in [1.82, 2.24) is 10.2 Å². The maximum absolute atomic E-state index is 12.3. The van der Waals surface area contributed by atoms with Gasteiger partial charge in [0.05, 0.1) is 16.3 Å². The third-order valence-electron chi connectivity index (χ3n) is 4.62. The van der Waals surface area contributed by atoms with E-state index >= 15 is 0 Å². The van der Waals surface area contributed by atoms with E-state index in [-0.39, 0.29) is 16.9 Å². The molecule has 0 saturated carbocycles. The molecule has 1 fully saturated rings. The van der Waals surface area contributed by atoms with Crippen molar-refractivity contribution in [1.29, 1.82) is 0 Å². The summed E-state index contributed by atoms with van der Waals surface area (Å²) in [7, 11) is 0. The maximum Gasteiger partial charge on any atom is 0.258 e. The molecule has 0 aromatic heterocycles. The Kier molecular flexibility index (Phi) is 7.10. The highest BCUT2D eigenvalue weighted by Crippen LogP contribution is 2.29. The molecule has 29 heavy (non-hydrogen) atoms. The van der Waals surface area contributed by atoms with Crippen molar-refractivity contribution in [2.75, 3.05) is 36.4 Å². The van der Waals surface area contributed by atoms with Crippen LogP contribution in [0.25, 0.3) is 0 Å². The molecule has 0 atom stereocenters. The van der Waals surface area contributed by atoms with Crippen molar-refractivity contribution in [3.63, 3.8) is 0 Å². The quantitative estimate of drug-likeness (QED) is 0.633. The molecule has 2 aromatic carbocycles. The first kappa shape index (κ1) is 21.5. The van der Waals surface area contributed by atoms with Gasteiger partial charge in [-0.25, -0.2) is 0 Å². The molecule has 1 saturated heterocycles. The molecule has 0 radical (unpaired) electrons. The molecule has 2 amide bonds. The average Bonchev–Trinajstić information content (AvgIpc) is 2.68. The number of anilines is 2. The smallest absolute Gasteiger partial charge is 0.258 e. The van der Waals surface area contributed by atoms with Crippen LogP contribution in [0.3, 0.4) is 0 Å². The molecular formula is C20H20BrClN4O2S. The maximum atomic E-state index is 12.3. The number of rotatable bonds is 3. The number of nitrogens with zero attached hydrogens (tertiary/aromatic N) is 2. The minimum absolute atomic E-state index is 0.0911. The van der Waals surface area contributed by atoms with Crippen LogP contribution in [-0.2, 0) is 4.79 Å². The first-order chi connectivity index (χ1) is 13.8. The zero-order valence-corrected chi connectivity index (χ0v) is 18.9. The molecule has 2 aromatic rings. The fraction of sp³-hybridized carbons (Fsp3) is 0.250. The number of hydrogen-bond donors (Lipinski definition) is 2. The number of benzene rings is 2. The van der Waals surface area contributed by atoms with E-state index in [0.29, 0.717) is 33.8 Å². The van der Waals surface area contributed by atoms with E-state index in [1.165, 1.54) is 0 Å². The van der Waals surface area contributed by atoms with Gasteiger partial charge in [-0.2, -0.15) is 0 Å². The van der Waals surface area contributed by atoms with Gasteiger partial charge in [-0.3, -0.25) is 14.9 Å². The highest BCUT2D eigenvalue weighted by molar-refractivity contribution is 9.10. The Morgan fingerprint density at radius 1 is 1.10 bits per heavy atom. The molecule has 0 bridgehead atoms. The number of thiocarbonyl (C=S) groups is 1. The lowest BCUT2D eigenvalue weighted by Crippen LogP contribution is -2.48. The largest absolute Gasteiger partial charge is 0.367 e. The van der Waals surface area contributed by atoms with E-state index in [1.54, 1.807) is 31.2 Å². The van der Waals surface area contributed by atoms with E-state index in [1.807, 2.05) is 23.1 Å². The summed E-state index contributed by atoms with van der Waals surface area (Å²) in [5.41, 5.74) is 2.08. The van der Waals surface area contributed by atoms with Crippen LogP contribution >= 0.6 is 39.7 Å². The summed E-state index contributed by atoms with van der Waals surface area (Å²) in [6.07, 6.45) is 0. The summed E-state index contributed by atoms with van der Waals surface area (Å²) in [5, 5.41) is 6.40. The zero-order chi connectivity index (χ0) is 21.0. The second-order valence-electron chi connectivity index (χ2n) is 6.55. The van der Waals surface area contributed by atoms with Crippen LogP contribution in [0.2, 0.25) is 5.02 Å². The summed E-state index contributed by atoms with van der Waals surface area (Å²) < 4.78 is 0.692. The van der Waals surface area contributed by atoms with Crippen molar-refractivity contribution < 1.29 is 9.59 Å². The van der Waals surface area contributed by atoms with Crippen molar-refractivity contribution in [2.45, 2.75) is 6.92 Å². The van der Waals surface area contributed by atoms with Crippen LogP contribution in [0.1, 0.15) is 17.3 Å². The molecule has 1 aliphatic rings. The number of halogens is 2. The number of piperazine rings is 1. The van der Waals surface area contributed by atoms with Crippen molar-refractivity contribution in [3.05, 3.63) is 57.5 Å². The minimum Gasteiger partial charge on any atom is -0.367 e. The third kappa shape index (κ3) is 5.46. The van der Waals surface area contributed by atoms with Gasteiger partial charge in [0, 0.05) is 43.3 Å². The Morgan fingerprint density at radius 2 is 1.79 bits per heavy atom. The standard InChI is InChI=1S/C20H20BrClN4O2S/c1-13(27)25-8-10-26(11-9-25)18-7-6-14(12-17(18)22)23-20(29)24-19(28)15-4-2-3-5-16(15)21/h2-7,12H,8-11H2,1H3,(H2,23,24,28,29). The minimum atomic E-state index is -0.305. The van der Waals surface area contributed by atoms with Crippen LogP contribution in [0.5, 0.6) is 0 Å². The molecule has 0 spiro atoms. The van der Waals surface area contributed by atoms with Gasteiger partial charge in [0.25, 0.3) is 5.91 Å². The second-order valence-corrected chi connectivity index (χ2v) is 8.22. The lowest BCUT2D eigenvalue weighted by atomic mass is 10.2. The highest BCUT2D eigenvalue weighted by Gasteiger charge is 2.20. The molecule has 2 N–H and O–H groups in total. The van der Waals surface area contributed by atoms with Crippen LogP contribution in [0, 0.1) is 0 Å². The lowest BCUT2D eigenvalue weighted by molar-refractivity contribution is -0.129. The van der Waals surface area contributed by atoms with Crippen LogP contribution in [0.15, 0.2) is 46.9 Å². The second kappa shape index (κ2) is 9.56. The number of carbonyl (C=O) groups excluding carboxylic acids is 2. The first-order valence-electron chi connectivity index (χ1n) is 9.02. The highest BCUT2D eigenvalue weighted by atomic mass is 79.9. The zero-order valence-electron chi connectivity index (χ0n) is 15.7. The molecule has 9 heteroatoms. The Bertz CT molecular complexity index is 948. The van der Waals surface area contributed by atoms with E-state index in [4.69, 9.17) is 23.8 Å². The van der Waals surface area contributed by atoms with Crippen molar-refractivity contribution in [3.8, 4) is 0 Å². The molecule has 1 heterocycles. The van der Waals surface area contributed by atoms with Gasteiger partial charge in [-0.05, 0) is 58.5 Å². The molecule has 1 aliphatic heterocycles. The van der Waals surface area contributed by atoms with Crippen LogP contribution < -0.4 is 15.5 Å². The van der Waals surface area contributed by atoms with Gasteiger partial charge in [-0.1, -0.05) is 23.7 Å². The predicted octanol–water partition coefficient (Wildman–Crippen LogP) is 3.90.